The average Bonchev–Trinajstić information content (AvgIpc) is 3.62. The highest BCUT2D eigenvalue weighted by atomic mass is 15.0. The van der Waals surface area contributed by atoms with E-state index in [2.05, 4.69) is 12.1 Å². The largest absolute Gasteiger partial charge is 0.308 e. The van der Waals surface area contributed by atoms with Gasteiger partial charge in [0.15, 0.2) is 0 Å². The van der Waals surface area contributed by atoms with Crippen LogP contribution in [0.3, 0.4) is 0 Å². The smallest absolute Gasteiger partial charge is 0.101 e. The number of benzene rings is 6. The van der Waals surface area contributed by atoms with Crippen molar-refractivity contribution in [3.05, 3.63) is 144 Å². The Bertz CT molecular complexity index is 2670. The van der Waals surface area contributed by atoms with Crippen molar-refractivity contribution >= 4 is 43.6 Å². The Morgan fingerprint density at radius 3 is 1.50 bits per heavy atom. The molecular weight excluding hydrogens is 512 g/mol. The van der Waals surface area contributed by atoms with Gasteiger partial charge in [-0.2, -0.15) is 10.5 Å². The van der Waals surface area contributed by atoms with Crippen molar-refractivity contribution < 1.29 is 8.22 Å². The minimum absolute atomic E-state index is 0.0541. The second kappa shape index (κ2) is 9.24. The molecular formula is C38H22N4. The molecule has 0 N–H and O–H groups in total. The van der Waals surface area contributed by atoms with Crippen molar-refractivity contribution in [1.29, 1.82) is 10.5 Å². The summed E-state index contributed by atoms with van der Waals surface area (Å²) in [6.07, 6.45) is 0. The van der Waals surface area contributed by atoms with E-state index in [1.165, 1.54) is 0 Å². The van der Waals surface area contributed by atoms with E-state index in [-0.39, 0.29) is 39.7 Å². The zero-order valence-corrected chi connectivity index (χ0v) is 22.0. The highest BCUT2D eigenvalue weighted by Crippen LogP contribution is 2.39. The lowest BCUT2D eigenvalue weighted by Crippen LogP contribution is -2.02. The first-order valence-corrected chi connectivity index (χ1v) is 13.3. The van der Waals surface area contributed by atoms with E-state index < -0.39 is 30.2 Å². The second-order valence-corrected chi connectivity index (χ2v) is 9.91. The van der Waals surface area contributed by atoms with Gasteiger partial charge >= 0.3 is 0 Å². The molecule has 42 heavy (non-hydrogen) atoms. The number of nitriles is 2. The van der Waals surface area contributed by atoms with Gasteiger partial charge in [0.05, 0.1) is 52.8 Å². The molecule has 4 heteroatoms. The van der Waals surface area contributed by atoms with E-state index in [4.69, 9.17) is 4.11 Å². The Hall–Kier alpha value is -6.10. The SMILES string of the molecule is [2H]c1c([2H])c(C#N)c(-n2c3ccccc3c3ccccc32)c(-c2c([2H])c([2H])c(C#N)c(-n3c4ccccc4c4ccccc43)c2[2H])c1[2H]. The number of fused-ring (bicyclic) bond motifs is 6. The number of hydrogen-bond acceptors (Lipinski definition) is 2. The molecule has 0 amide bonds. The lowest BCUT2D eigenvalue weighted by atomic mass is 9.97. The average molecular weight is 541 g/mol. The molecule has 6 aromatic carbocycles. The summed E-state index contributed by atoms with van der Waals surface area (Å²) in [7, 11) is 0. The Kier molecular flexibility index (Phi) is 4.02. The van der Waals surface area contributed by atoms with E-state index in [0.717, 1.165) is 21.5 Å². The van der Waals surface area contributed by atoms with Crippen LogP contribution in [0.15, 0.2) is 133 Å². The topological polar surface area (TPSA) is 57.4 Å². The number of aromatic nitrogens is 2. The Morgan fingerprint density at radius 1 is 0.524 bits per heavy atom. The first-order chi connectivity index (χ1) is 23.3. The van der Waals surface area contributed by atoms with Crippen LogP contribution in [0.2, 0.25) is 0 Å². The monoisotopic (exact) mass is 540 g/mol. The summed E-state index contributed by atoms with van der Waals surface area (Å²) >= 11 is 0. The summed E-state index contributed by atoms with van der Waals surface area (Å²) in [6.45, 7) is 0. The van der Waals surface area contributed by atoms with Gasteiger partial charge in [-0.05, 0) is 48.0 Å². The van der Waals surface area contributed by atoms with E-state index >= 15 is 0 Å². The quantitative estimate of drug-likeness (QED) is 0.224. The third-order valence-electron chi connectivity index (χ3n) is 7.72. The molecule has 0 spiro atoms. The lowest BCUT2D eigenvalue weighted by molar-refractivity contribution is 1.16. The fourth-order valence-corrected chi connectivity index (χ4v) is 5.98. The summed E-state index contributed by atoms with van der Waals surface area (Å²) < 4.78 is 58.3. The predicted octanol–water partition coefficient (Wildman–Crippen LogP) is 9.29. The standard InChI is InChI=1S/C38H22N4/c39-23-26-21-20-25(22-37(26)41-33-16-5-1-11-29(33)30-12-2-6-17-34(30)41)28-15-9-10-27(24-40)38(28)42-35-18-7-3-13-31(35)32-14-4-8-19-36(32)42/h1-22H/i9D,10D,15D,20D,21D,22D. The summed E-state index contributed by atoms with van der Waals surface area (Å²) in [6, 6.07) is 31.5. The van der Waals surface area contributed by atoms with Crippen molar-refractivity contribution in [2.45, 2.75) is 0 Å². The second-order valence-electron chi connectivity index (χ2n) is 9.91. The van der Waals surface area contributed by atoms with Crippen molar-refractivity contribution in [3.8, 4) is 34.6 Å². The molecule has 0 aliphatic heterocycles. The molecule has 0 fully saturated rings. The molecule has 0 unspecified atom stereocenters. The van der Waals surface area contributed by atoms with Crippen LogP contribution in [0.5, 0.6) is 0 Å². The maximum absolute atomic E-state index is 10.5. The van der Waals surface area contributed by atoms with E-state index in [1.807, 2.05) is 97.1 Å². The van der Waals surface area contributed by atoms with Crippen molar-refractivity contribution in [1.82, 2.24) is 9.13 Å². The highest BCUT2D eigenvalue weighted by molar-refractivity contribution is 6.11. The predicted molar refractivity (Wildman–Crippen MR) is 170 cm³/mol. The molecule has 0 saturated carbocycles. The third-order valence-corrected chi connectivity index (χ3v) is 7.72. The maximum atomic E-state index is 10.5. The fraction of sp³-hybridized carbons (Fsp3) is 0. The molecule has 0 aliphatic rings. The number of para-hydroxylation sites is 5. The molecule has 194 valence electrons. The molecule has 0 aliphatic carbocycles. The van der Waals surface area contributed by atoms with Crippen LogP contribution in [-0.2, 0) is 0 Å². The van der Waals surface area contributed by atoms with Crippen molar-refractivity contribution in [2.24, 2.45) is 0 Å². The van der Waals surface area contributed by atoms with Crippen molar-refractivity contribution in [2.75, 3.05) is 0 Å². The van der Waals surface area contributed by atoms with Crippen LogP contribution in [0.4, 0.5) is 0 Å². The van der Waals surface area contributed by atoms with Gasteiger partial charge in [0, 0.05) is 27.1 Å². The van der Waals surface area contributed by atoms with Gasteiger partial charge in [0.1, 0.15) is 12.1 Å². The van der Waals surface area contributed by atoms with Gasteiger partial charge in [-0.25, -0.2) is 0 Å². The fourth-order valence-electron chi connectivity index (χ4n) is 5.98. The first-order valence-electron chi connectivity index (χ1n) is 16.3. The Labute approximate surface area is 250 Å². The van der Waals surface area contributed by atoms with Crippen LogP contribution >= 0.6 is 0 Å². The van der Waals surface area contributed by atoms with Gasteiger partial charge in [-0.3, -0.25) is 0 Å². The molecule has 0 saturated heterocycles. The van der Waals surface area contributed by atoms with Crippen LogP contribution in [0.25, 0.3) is 66.1 Å². The molecule has 0 bridgehead atoms. The van der Waals surface area contributed by atoms with Gasteiger partial charge in [-0.1, -0.05) is 90.9 Å². The van der Waals surface area contributed by atoms with E-state index in [1.54, 1.807) is 9.13 Å². The summed E-state index contributed by atoms with van der Waals surface area (Å²) in [4.78, 5) is 0. The van der Waals surface area contributed by atoms with E-state index in [0.29, 0.717) is 22.1 Å². The molecule has 0 radical (unpaired) electrons. The lowest BCUT2D eigenvalue weighted by Gasteiger charge is -2.17. The maximum Gasteiger partial charge on any atom is 0.101 e. The molecule has 2 heterocycles. The van der Waals surface area contributed by atoms with Gasteiger partial charge < -0.3 is 9.13 Å². The molecule has 8 rings (SSSR count). The van der Waals surface area contributed by atoms with Gasteiger partial charge in [0.2, 0.25) is 0 Å². The summed E-state index contributed by atoms with van der Waals surface area (Å²) in [5, 5.41) is 24.4. The van der Waals surface area contributed by atoms with Gasteiger partial charge in [-0.15, -0.1) is 0 Å². The van der Waals surface area contributed by atoms with E-state index in [9.17, 15) is 14.6 Å². The zero-order chi connectivity index (χ0) is 33.4. The molecule has 4 nitrogen and oxygen atoms in total. The Balaban J connectivity index is 1.61. The first kappa shape index (κ1) is 18.3. The minimum Gasteiger partial charge on any atom is -0.308 e. The van der Waals surface area contributed by atoms with Crippen molar-refractivity contribution in [3.63, 3.8) is 0 Å². The van der Waals surface area contributed by atoms with Crippen LogP contribution < -0.4 is 0 Å². The van der Waals surface area contributed by atoms with Crippen LogP contribution in [0.1, 0.15) is 19.4 Å². The summed E-state index contributed by atoms with van der Waals surface area (Å²) in [5.41, 5.74) is 2.14. The summed E-state index contributed by atoms with van der Waals surface area (Å²) in [5.74, 6) is 0. The normalized spacial score (nSPS) is 13.3. The zero-order valence-electron chi connectivity index (χ0n) is 28.0. The molecule has 2 aromatic heterocycles. The Morgan fingerprint density at radius 2 is 1.00 bits per heavy atom. The number of hydrogen-bond donors (Lipinski definition) is 0. The number of rotatable bonds is 3. The van der Waals surface area contributed by atoms with Crippen LogP contribution in [0, 0.1) is 22.7 Å². The van der Waals surface area contributed by atoms with Gasteiger partial charge in [0.25, 0.3) is 0 Å². The molecule has 0 atom stereocenters. The molecule has 8 aromatic rings. The minimum atomic E-state index is -0.542. The highest BCUT2D eigenvalue weighted by Gasteiger charge is 2.20. The van der Waals surface area contributed by atoms with Crippen LogP contribution in [-0.4, -0.2) is 9.13 Å². The third kappa shape index (κ3) is 3.33. The number of nitrogens with zero attached hydrogens (tertiary/aromatic N) is 4.